The van der Waals surface area contributed by atoms with Gasteiger partial charge >= 0.3 is 0 Å². The fraction of sp³-hybridized carbons (Fsp3) is 0.286. The zero-order valence-corrected chi connectivity index (χ0v) is 16.8. The van der Waals surface area contributed by atoms with Crippen molar-refractivity contribution < 1.29 is 32.3 Å². The molecule has 0 aliphatic heterocycles. The van der Waals surface area contributed by atoms with E-state index in [-0.39, 0.29) is 18.9 Å². The van der Waals surface area contributed by atoms with Gasteiger partial charge in [-0.1, -0.05) is 12.1 Å². The molecular formula is C21H22F3N3O4. The third kappa shape index (κ3) is 7.02. The number of carbonyl (C=O) groups is 3. The van der Waals surface area contributed by atoms with E-state index in [9.17, 15) is 27.6 Å². The quantitative estimate of drug-likeness (QED) is 0.393. The highest BCUT2D eigenvalue weighted by Gasteiger charge is 2.16. The number of anilines is 1. The van der Waals surface area contributed by atoms with Gasteiger partial charge in [0.15, 0.2) is 17.5 Å². The van der Waals surface area contributed by atoms with Crippen molar-refractivity contribution >= 4 is 23.4 Å². The number of ether oxygens (including phenoxy) is 1. The molecule has 0 aliphatic carbocycles. The van der Waals surface area contributed by atoms with Crippen molar-refractivity contribution in [2.24, 2.45) is 0 Å². The van der Waals surface area contributed by atoms with Crippen LogP contribution in [-0.2, 0) is 9.59 Å². The van der Waals surface area contributed by atoms with Gasteiger partial charge in [-0.2, -0.15) is 0 Å². The Kier molecular flexibility index (Phi) is 8.86. The van der Waals surface area contributed by atoms with Crippen molar-refractivity contribution in [2.75, 3.05) is 25.0 Å². The smallest absolute Gasteiger partial charge is 0.255 e. The number of hydrogen-bond acceptors (Lipinski definition) is 4. The Morgan fingerprint density at radius 3 is 2.42 bits per heavy atom. The highest BCUT2D eigenvalue weighted by Crippen LogP contribution is 2.19. The van der Waals surface area contributed by atoms with Gasteiger partial charge in [-0.25, -0.2) is 13.2 Å². The van der Waals surface area contributed by atoms with Crippen molar-refractivity contribution in [1.82, 2.24) is 10.6 Å². The monoisotopic (exact) mass is 437 g/mol. The summed E-state index contributed by atoms with van der Waals surface area (Å²) in [7, 11) is 0. The molecule has 166 valence electrons. The van der Waals surface area contributed by atoms with E-state index in [1.807, 2.05) is 12.2 Å². The number of hydrogen-bond donors (Lipinski definition) is 3. The van der Waals surface area contributed by atoms with Gasteiger partial charge in [0.25, 0.3) is 5.91 Å². The lowest BCUT2D eigenvalue weighted by molar-refractivity contribution is -0.124. The molecule has 3 N–H and O–H groups in total. The standard InChI is InChI=1S/C21H22F3N3O4/c1-2-31-16-7-4-3-6-13(16)21(30)25-11-5-8-17(28)26-12-18(29)27-15-10-9-14(22)19(23)20(15)24/h3-4,6-7,9-10H,2,5,8,11-12H2,1H3,(H,25,30)(H,26,28)(H,27,29). The highest BCUT2D eigenvalue weighted by molar-refractivity contribution is 5.97. The highest BCUT2D eigenvalue weighted by atomic mass is 19.2. The van der Waals surface area contributed by atoms with E-state index in [2.05, 4.69) is 10.6 Å². The maximum Gasteiger partial charge on any atom is 0.255 e. The number of halogens is 3. The molecule has 0 atom stereocenters. The Labute approximate surface area is 177 Å². The first kappa shape index (κ1) is 23.7. The van der Waals surface area contributed by atoms with Crippen LogP contribution < -0.4 is 20.7 Å². The molecule has 0 fully saturated rings. The molecule has 0 aromatic heterocycles. The van der Waals surface area contributed by atoms with E-state index in [0.717, 1.165) is 6.07 Å². The Morgan fingerprint density at radius 2 is 1.68 bits per heavy atom. The summed E-state index contributed by atoms with van der Waals surface area (Å²) in [6, 6.07) is 8.32. The molecule has 31 heavy (non-hydrogen) atoms. The molecule has 2 rings (SSSR count). The van der Waals surface area contributed by atoms with E-state index in [4.69, 9.17) is 4.74 Å². The van der Waals surface area contributed by atoms with Gasteiger partial charge in [0.2, 0.25) is 11.8 Å². The van der Waals surface area contributed by atoms with Crippen LogP contribution in [0, 0.1) is 17.5 Å². The lowest BCUT2D eigenvalue weighted by atomic mass is 10.2. The van der Waals surface area contributed by atoms with Crippen LogP contribution in [0.5, 0.6) is 5.75 Å². The molecule has 0 bridgehead atoms. The number of para-hydroxylation sites is 1. The predicted octanol–water partition coefficient (Wildman–Crippen LogP) is 2.77. The average Bonchev–Trinajstić information content (AvgIpc) is 2.76. The van der Waals surface area contributed by atoms with E-state index in [1.54, 1.807) is 24.3 Å². The lowest BCUT2D eigenvalue weighted by Gasteiger charge is -2.10. The first-order valence-electron chi connectivity index (χ1n) is 9.53. The van der Waals surface area contributed by atoms with Crippen molar-refractivity contribution in [1.29, 1.82) is 0 Å². The van der Waals surface area contributed by atoms with E-state index < -0.39 is 41.5 Å². The number of benzene rings is 2. The van der Waals surface area contributed by atoms with E-state index in [1.165, 1.54) is 0 Å². The van der Waals surface area contributed by atoms with E-state index in [0.29, 0.717) is 30.4 Å². The molecule has 0 aliphatic rings. The Morgan fingerprint density at radius 1 is 0.935 bits per heavy atom. The zero-order chi connectivity index (χ0) is 22.8. The minimum Gasteiger partial charge on any atom is -0.493 e. The maximum absolute atomic E-state index is 13.5. The Hall–Kier alpha value is -3.56. The Bertz CT molecular complexity index is 953. The van der Waals surface area contributed by atoms with Gasteiger partial charge < -0.3 is 20.7 Å². The third-order valence-corrected chi connectivity index (χ3v) is 4.05. The first-order valence-corrected chi connectivity index (χ1v) is 9.53. The second-order valence-corrected chi connectivity index (χ2v) is 6.34. The number of nitrogens with one attached hydrogen (secondary N) is 3. The molecule has 0 radical (unpaired) electrons. The number of rotatable bonds is 10. The summed E-state index contributed by atoms with van der Waals surface area (Å²) in [5.74, 6) is -5.75. The summed E-state index contributed by atoms with van der Waals surface area (Å²) in [5, 5.41) is 7.05. The molecule has 0 spiro atoms. The summed E-state index contributed by atoms with van der Waals surface area (Å²) in [5.41, 5.74) is -0.150. The van der Waals surface area contributed by atoms with Crippen molar-refractivity contribution in [3.05, 3.63) is 59.4 Å². The summed E-state index contributed by atoms with van der Waals surface area (Å²) in [6.45, 7) is 1.97. The van der Waals surface area contributed by atoms with Crippen molar-refractivity contribution in [3.8, 4) is 5.75 Å². The molecule has 0 saturated heterocycles. The Balaban J connectivity index is 1.70. The van der Waals surface area contributed by atoms with Crippen LogP contribution in [0.15, 0.2) is 36.4 Å². The van der Waals surface area contributed by atoms with Gasteiger partial charge in [0.1, 0.15) is 5.75 Å². The molecule has 0 saturated carbocycles. The lowest BCUT2D eigenvalue weighted by Crippen LogP contribution is -2.33. The van der Waals surface area contributed by atoms with Gasteiger partial charge in [-0.3, -0.25) is 14.4 Å². The minimum absolute atomic E-state index is 0.0280. The van der Waals surface area contributed by atoms with Crippen LogP contribution in [0.3, 0.4) is 0 Å². The molecule has 2 aromatic carbocycles. The van der Waals surface area contributed by atoms with Crippen molar-refractivity contribution in [2.45, 2.75) is 19.8 Å². The molecule has 3 amide bonds. The third-order valence-electron chi connectivity index (χ3n) is 4.05. The predicted molar refractivity (Wildman–Crippen MR) is 107 cm³/mol. The molecule has 0 heterocycles. The largest absolute Gasteiger partial charge is 0.493 e. The van der Waals surface area contributed by atoms with E-state index >= 15 is 0 Å². The van der Waals surface area contributed by atoms with Crippen LogP contribution in [0.1, 0.15) is 30.1 Å². The van der Waals surface area contributed by atoms with Crippen LogP contribution >= 0.6 is 0 Å². The second-order valence-electron chi connectivity index (χ2n) is 6.34. The number of amides is 3. The zero-order valence-electron chi connectivity index (χ0n) is 16.8. The van der Waals surface area contributed by atoms with Crippen molar-refractivity contribution in [3.63, 3.8) is 0 Å². The van der Waals surface area contributed by atoms with Gasteiger partial charge in [0, 0.05) is 13.0 Å². The SMILES string of the molecule is CCOc1ccccc1C(=O)NCCCC(=O)NCC(=O)Nc1ccc(F)c(F)c1F. The van der Waals surface area contributed by atoms with Gasteiger partial charge in [0.05, 0.1) is 24.4 Å². The van der Waals surface area contributed by atoms with Gasteiger partial charge in [-0.05, 0) is 37.6 Å². The number of carbonyl (C=O) groups excluding carboxylic acids is 3. The second kappa shape index (κ2) is 11.6. The summed E-state index contributed by atoms with van der Waals surface area (Å²) in [6.07, 6.45) is 0.341. The average molecular weight is 437 g/mol. The molecule has 2 aromatic rings. The van der Waals surface area contributed by atoms with Gasteiger partial charge in [-0.15, -0.1) is 0 Å². The van der Waals surface area contributed by atoms with Crippen LogP contribution in [0.25, 0.3) is 0 Å². The summed E-state index contributed by atoms with van der Waals surface area (Å²) in [4.78, 5) is 35.8. The molecule has 10 heteroatoms. The van der Waals surface area contributed by atoms with Crippen LogP contribution in [0.4, 0.5) is 18.9 Å². The normalized spacial score (nSPS) is 10.3. The maximum atomic E-state index is 13.5. The first-order chi connectivity index (χ1) is 14.8. The van der Waals surface area contributed by atoms with Crippen LogP contribution in [-0.4, -0.2) is 37.4 Å². The van der Waals surface area contributed by atoms with Crippen LogP contribution in [0.2, 0.25) is 0 Å². The fourth-order valence-electron chi connectivity index (χ4n) is 2.57. The topological polar surface area (TPSA) is 96.5 Å². The fourth-order valence-corrected chi connectivity index (χ4v) is 2.57. The molecule has 7 nitrogen and oxygen atoms in total. The molecule has 0 unspecified atom stereocenters. The summed E-state index contributed by atoms with van der Waals surface area (Å²) < 4.78 is 44.9. The summed E-state index contributed by atoms with van der Waals surface area (Å²) >= 11 is 0. The minimum atomic E-state index is -1.70. The molecular weight excluding hydrogens is 415 g/mol.